The molecule has 3 rings (SSSR count). The van der Waals surface area contributed by atoms with Gasteiger partial charge in [-0.25, -0.2) is 18.6 Å². The molecular formula is C19H23ClF2N4O4. The second-order valence-corrected chi connectivity index (χ2v) is 8.08. The van der Waals surface area contributed by atoms with E-state index in [1.165, 1.54) is 7.11 Å². The fraction of sp³-hybridized carbons (Fsp3) is 0.526. The maximum Gasteiger partial charge on any atom is 0.411 e. The lowest BCUT2D eigenvalue weighted by molar-refractivity contribution is -0.160. The van der Waals surface area contributed by atoms with Gasteiger partial charge in [0.2, 0.25) is 11.9 Å². The zero-order valence-corrected chi connectivity index (χ0v) is 17.2. The summed E-state index contributed by atoms with van der Waals surface area (Å²) < 4.78 is 33.0. The molecule has 1 aliphatic carbocycles. The summed E-state index contributed by atoms with van der Waals surface area (Å²) in [5.74, 6) is -3.71. The molecule has 1 aromatic carbocycles. The highest BCUT2D eigenvalue weighted by Crippen LogP contribution is 2.42. The SMILES string of the molecule is COC1CC(N2C(=O)C[C@@](C)(c3cccc(N)c3Cl)N=C2NC(=O)O)CCC1(F)F. The molecule has 1 saturated carbocycles. The zero-order valence-electron chi connectivity index (χ0n) is 16.5. The summed E-state index contributed by atoms with van der Waals surface area (Å²) in [6, 6.07) is 4.23. The summed E-state index contributed by atoms with van der Waals surface area (Å²) >= 11 is 6.32. The van der Waals surface area contributed by atoms with Gasteiger partial charge in [0.05, 0.1) is 22.7 Å². The number of anilines is 1. The van der Waals surface area contributed by atoms with E-state index in [0.29, 0.717) is 11.3 Å². The number of aliphatic imine (C=N–C) groups is 1. The molecule has 164 valence electrons. The Hall–Kier alpha value is -2.46. The summed E-state index contributed by atoms with van der Waals surface area (Å²) in [4.78, 5) is 30.1. The average molecular weight is 445 g/mol. The molecule has 0 spiro atoms. The lowest BCUT2D eigenvalue weighted by atomic mass is 9.84. The van der Waals surface area contributed by atoms with Crippen LogP contribution in [0.4, 0.5) is 19.3 Å². The van der Waals surface area contributed by atoms with Gasteiger partial charge >= 0.3 is 6.09 Å². The number of guanidine groups is 1. The van der Waals surface area contributed by atoms with Gasteiger partial charge in [-0.05, 0) is 19.4 Å². The number of carboxylic acid groups (broad SMARTS) is 1. The molecular weight excluding hydrogens is 422 g/mol. The smallest absolute Gasteiger partial charge is 0.411 e. The molecule has 2 aliphatic rings. The van der Waals surface area contributed by atoms with Crippen LogP contribution in [0.15, 0.2) is 23.2 Å². The van der Waals surface area contributed by atoms with Crippen molar-refractivity contribution in [1.82, 2.24) is 10.2 Å². The fourth-order valence-electron chi connectivity index (χ4n) is 4.07. The number of rotatable bonds is 3. The van der Waals surface area contributed by atoms with Gasteiger partial charge in [-0.1, -0.05) is 23.7 Å². The monoisotopic (exact) mass is 444 g/mol. The first-order valence-corrected chi connectivity index (χ1v) is 9.73. The number of methoxy groups -OCH3 is 1. The van der Waals surface area contributed by atoms with Crippen molar-refractivity contribution >= 4 is 35.2 Å². The van der Waals surface area contributed by atoms with Gasteiger partial charge in [-0.15, -0.1) is 0 Å². The van der Waals surface area contributed by atoms with Crippen molar-refractivity contribution < 1.29 is 28.2 Å². The predicted molar refractivity (Wildman–Crippen MR) is 107 cm³/mol. The molecule has 11 heteroatoms. The Balaban J connectivity index is 2.02. The van der Waals surface area contributed by atoms with E-state index in [1.807, 2.05) is 0 Å². The summed E-state index contributed by atoms with van der Waals surface area (Å²) in [5, 5.41) is 11.6. The topological polar surface area (TPSA) is 117 Å². The molecule has 30 heavy (non-hydrogen) atoms. The van der Waals surface area contributed by atoms with Gasteiger partial charge in [0.25, 0.3) is 5.92 Å². The summed E-state index contributed by atoms with van der Waals surface area (Å²) in [6.45, 7) is 1.64. The van der Waals surface area contributed by atoms with E-state index < -0.39 is 42.0 Å². The number of carbonyl (C=O) groups excluding carboxylic acids is 1. The first-order valence-electron chi connectivity index (χ1n) is 9.35. The predicted octanol–water partition coefficient (Wildman–Crippen LogP) is 3.20. The number of nitrogen functional groups attached to an aromatic ring is 1. The van der Waals surface area contributed by atoms with Crippen LogP contribution in [0.3, 0.4) is 0 Å². The van der Waals surface area contributed by atoms with Gasteiger partial charge in [0.1, 0.15) is 6.10 Å². The zero-order chi connectivity index (χ0) is 22.3. The van der Waals surface area contributed by atoms with Crippen LogP contribution in [0.5, 0.6) is 0 Å². The van der Waals surface area contributed by atoms with Gasteiger partial charge < -0.3 is 15.6 Å². The summed E-state index contributed by atoms with van der Waals surface area (Å²) in [5.41, 5.74) is 5.44. The van der Waals surface area contributed by atoms with Crippen LogP contribution in [0.25, 0.3) is 0 Å². The molecule has 1 heterocycles. The van der Waals surface area contributed by atoms with Crippen LogP contribution < -0.4 is 11.1 Å². The maximum absolute atomic E-state index is 14.0. The molecule has 3 atom stereocenters. The van der Waals surface area contributed by atoms with E-state index in [2.05, 4.69) is 10.3 Å². The Labute approximate surface area is 177 Å². The Morgan fingerprint density at radius 3 is 2.80 bits per heavy atom. The Morgan fingerprint density at radius 2 is 2.17 bits per heavy atom. The highest BCUT2D eigenvalue weighted by Gasteiger charge is 2.50. The van der Waals surface area contributed by atoms with Crippen LogP contribution in [0, 0.1) is 0 Å². The third kappa shape index (κ3) is 4.06. The van der Waals surface area contributed by atoms with Crippen molar-refractivity contribution in [3.05, 3.63) is 28.8 Å². The Kier molecular flexibility index (Phi) is 5.92. The molecule has 4 N–H and O–H groups in total. The molecule has 8 nitrogen and oxygen atoms in total. The third-order valence-corrected chi connectivity index (χ3v) is 6.01. The van der Waals surface area contributed by atoms with Crippen molar-refractivity contribution in [3.8, 4) is 0 Å². The van der Waals surface area contributed by atoms with Gasteiger partial charge in [0.15, 0.2) is 0 Å². The highest BCUT2D eigenvalue weighted by atomic mass is 35.5. The third-order valence-electron chi connectivity index (χ3n) is 5.59. The van der Waals surface area contributed by atoms with Crippen molar-refractivity contribution in [3.63, 3.8) is 0 Å². The molecule has 1 fully saturated rings. The average Bonchev–Trinajstić information content (AvgIpc) is 2.63. The summed E-state index contributed by atoms with van der Waals surface area (Å²) in [7, 11) is 1.18. The first kappa shape index (κ1) is 22.2. The number of amides is 2. The number of nitrogens with one attached hydrogen (secondary N) is 1. The molecule has 0 saturated heterocycles. The van der Waals surface area contributed by atoms with Crippen LogP contribution in [-0.4, -0.2) is 53.1 Å². The first-order chi connectivity index (χ1) is 14.0. The molecule has 1 aromatic rings. The minimum absolute atomic E-state index is 0.0192. The summed E-state index contributed by atoms with van der Waals surface area (Å²) in [6.07, 6.45) is -3.60. The number of benzene rings is 1. The molecule has 0 radical (unpaired) electrons. The largest absolute Gasteiger partial charge is 0.465 e. The number of hydrogen-bond acceptors (Lipinski definition) is 5. The molecule has 0 bridgehead atoms. The van der Waals surface area contributed by atoms with Crippen molar-refractivity contribution in [2.45, 2.75) is 56.2 Å². The Bertz CT molecular complexity index is 897. The van der Waals surface area contributed by atoms with Crippen molar-refractivity contribution in [2.75, 3.05) is 12.8 Å². The number of carbonyl (C=O) groups is 2. The lowest BCUT2D eigenvalue weighted by Gasteiger charge is -2.44. The molecule has 1 aliphatic heterocycles. The van der Waals surface area contributed by atoms with E-state index in [9.17, 15) is 23.5 Å². The van der Waals surface area contributed by atoms with E-state index >= 15 is 0 Å². The number of halogens is 3. The van der Waals surface area contributed by atoms with Gasteiger partial charge in [-0.3, -0.25) is 15.0 Å². The standard InChI is InChI=1S/C19H23ClF2N4O4/c1-18(11-4-3-5-12(23)15(11)20)9-14(27)26(16(25-18)24-17(28)29)10-6-7-19(21,22)13(8-10)30-2/h3-5,10,13H,6-9,23H2,1-2H3,(H,24,25)(H,28,29)/t10?,13?,18-/m0/s1. The number of ether oxygens (including phenoxy) is 1. The number of hydrogen-bond donors (Lipinski definition) is 3. The minimum atomic E-state index is -3.02. The lowest BCUT2D eigenvalue weighted by Crippen LogP contribution is -2.59. The maximum atomic E-state index is 14.0. The Morgan fingerprint density at radius 1 is 1.47 bits per heavy atom. The number of alkyl halides is 2. The van der Waals surface area contributed by atoms with Crippen LogP contribution in [0.2, 0.25) is 5.02 Å². The molecule has 2 amide bonds. The normalized spacial score (nSPS) is 28.8. The van der Waals surface area contributed by atoms with Crippen molar-refractivity contribution in [1.29, 1.82) is 0 Å². The van der Waals surface area contributed by atoms with E-state index in [1.54, 1.807) is 25.1 Å². The molecule has 0 aromatic heterocycles. The highest BCUT2D eigenvalue weighted by molar-refractivity contribution is 6.34. The number of nitrogens with two attached hydrogens (primary N) is 1. The van der Waals surface area contributed by atoms with Crippen molar-refractivity contribution in [2.24, 2.45) is 4.99 Å². The quantitative estimate of drug-likeness (QED) is 0.619. The second-order valence-electron chi connectivity index (χ2n) is 7.70. The van der Waals surface area contributed by atoms with Crippen LogP contribution >= 0.6 is 11.6 Å². The minimum Gasteiger partial charge on any atom is -0.465 e. The van der Waals surface area contributed by atoms with Crippen LogP contribution in [0.1, 0.15) is 38.2 Å². The second kappa shape index (κ2) is 7.99. The number of nitrogens with zero attached hydrogens (tertiary/aromatic N) is 2. The fourth-order valence-corrected chi connectivity index (χ4v) is 4.40. The molecule has 2 unspecified atom stereocenters. The van der Waals surface area contributed by atoms with E-state index in [-0.39, 0.29) is 30.2 Å². The van der Waals surface area contributed by atoms with Gasteiger partial charge in [0, 0.05) is 31.6 Å². The van der Waals surface area contributed by atoms with E-state index in [0.717, 1.165) is 4.90 Å². The van der Waals surface area contributed by atoms with E-state index in [4.69, 9.17) is 22.1 Å². The van der Waals surface area contributed by atoms with Crippen LogP contribution in [-0.2, 0) is 15.1 Å². The van der Waals surface area contributed by atoms with Gasteiger partial charge in [-0.2, -0.15) is 0 Å².